The molecule has 0 aromatic rings. The molecule has 0 saturated heterocycles. The molecular weight excluding hydrogens is 174 g/mol. The average Bonchev–Trinajstić information content (AvgIpc) is 2.02. The van der Waals surface area contributed by atoms with Crippen LogP contribution in [0.5, 0.6) is 0 Å². The number of hydrogen-bond acceptors (Lipinski definition) is 3. The van der Waals surface area contributed by atoms with Crippen molar-refractivity contribution in [1.82, 2.24) is 5.32 Å². The SMILES string of the molecule is CCOC(=O)NCC(C)(C)SC. The topological polar surface area (TPSA) is 38.3 Å². The summed E-state index contributed by atoms with van der Waals surface area (Å²) in [5.74, 6) is 0. The summed E-state index contributed by atoms with van der Waals surface area (Å²) in [5.41, 5.74) is 0. The van der Waals surface area contributed by atoms with E-state index in [-0.39, 0.29) is 10.8 Å². The zero-order chi connectivity index (χ0) is 9.61. The largest absolute Gasteiger partial charge is 0.450 e. The van der Waals surface area contributed by atoms with Crippen molar-refractivity contribution >= 4 is 17.9 Å². The van der Waals surface area contributed by atoms with E-state index in [1.165, 1.54) is 0 Å². The highest BCUT2D eigenvalue weighted by molar-refractivity contribution is 7.99. The maximum Gasteiger partial charge on any atom is 0.407 e. The first-order valence-corrected chi connectivity index (χ1v) is 5.20. The maximum absolute atomic E-state index is 10.9. The summed E-state index contributed by atoms with van der Waals surface area (Å²) in [5, 5.41) is 2.69. The van der Waals surface area contributed by atoms with Gasteiger partial charge in [0.1, 0.15) is 0 Å². The smallest absolute Gasteiger partial charge is 0.407 e. The van der Waals surface area contributed by atoms with Crippen molar-refractivity contribution < 1.29 is 9.53 Å². The average molecular weight is 191 g/mol. The van der Waals surface area contributed by atoms with Crippen LogP contribution in [0.25, 0.3) is 0 Å². The number of rotatable bonds is 4. The first-order valence-electron chi connectivity index (χ1n) is 3.97. The van der Waals surface area contributed by atoms with Crippen LogP contribution in [-0.4, -0.2) is 30.2 Å². The zero-order valence-corrected chi connectivity index (χ0v) is 8.96. The quantitative estimate of drug-likeness (QED) is 0.737. The fourth-order valence-corrected chi connectivity index (χ4v) is 0.756. The molecule has 1 N–H and O–H groups in total. The van der Waals surface area contributed by atoms with Crippen LogP contribution in [0, 0.1) is 0 Å². The Kier molecular flexibility index (Phi) is 5.13. The van der Waals surface area contributed by atoms with E-state index in [0.717, 1.165) is 0 Å². The van der Waals surface area contributed by atoms with E-state index in [0.29, 0.717) is 13.2 Å². The van der Waals surface area contributed by atoms with Gasteiger partial charge in [-0.1, -0.05) is 0 Å². The molecule has 0 spiro atoms. The molecule has 72 valence electrons. The van der Waals surface area contributed by atoms with Crippen LogP contribution in [0.4, 0.5) is 4.79 Å². The lowest BCUT2D eigenvalue weighted by molar-refractivity contribution is 0.151. The second-order valence-electron chi connectivity index (χ2n) is 3.04. The van der Waals surface area contributed by atoms with E-state index < -0.39 is 0 Å². The number of carbonyl (C=O) groups excluding carboxylic acids is 1. The molecule has 0 heterocycles. The van der Waals surface area contributed by atoms with Crippen molar-refractivity contribution in [3.63, 3.8) is 0 Å². The van der Waals surface area contributed by atoms with Gasteiger partial charge < -0.3 is 10.1 Å². The lowest BCUT2D eigenvalue weighted by Gasteiger charge is -2.21. The third-order valence-electron chi connectivity index (χ3n) is 1.49. The minimum Gasteiger partial charge on any atom is -0.450 e. The highest BCUT2D eigenvalue weighted by Crippen LogP contribution is 2.19. The lowest BCUT2D eigenvalue weighted by atomic mass is 10.2. The molecular formula is C8H17NO2S. The van der Waals surface area contributed by atoms with Gasteiger partial charge in [-0.2, -0.15) is 11.8 Å². The second kappa shape index (κ2) is 5.30. The molecule has 0 unspecified atom stereocenters. The van der Waals surface area contributed by atoms with E-state index in [1.807, 2.05) is 6.26 Å². The van der Waals surface area contributed by atoms with E-state index >= 15 is 0 Å². The lowest BCUT2D eigenvalue weighted by Crippen LogP contribution is -2.36. The van der Waals surface area contributed by atoms with Crippen molar-refractivity contribution in [2.24, 2.45) is 0 Å². The molecule has 0 aliphatic rings. The van der Waals surface area contributed by atoms with Gasteiger partial charge in [-0.3, -0.25) is 0 Å². The molecule has 12 heavy (non-hydrogen) atoms. The van der Waals surface area contributed by atoms with Gasteiger partial charge >= 0.3 is 6.09 Å². The molecule has 0 saturated carbocycles. The van der Waals surface area contributed by atoms with Crippen molar-refractivity contribution in [2.75, 3.05) is 19.4 Å². The summed E-state index contributed by atoms with van der Waals surface area (Å²) in [4.78, 5) is 10.9. The Labute approximate surface area is 78.2 Å². The molecule has 0 aromatic heterocycles. The molecule has 0 atom stereocenters. The number of carbonyl (C=O) groups is 1. The number of thioether (sulfide) groups is 1. The van der Waals surface area contributed by atoms with Gasteiger partial charge in [0.15, 0.2) is 0 Å². The number of nitrogens with one attached hydrogen (secondary N) is 1. The summed E-state index contributed by atoms with van der Waals surface area (Å²) in [6.45, 7) is 6.99. The molecule has 0 aromatic carbocycles. The molecule has 0 aliphatic carbocycles. The summed E-state index contributed by atoms with van der Waals surface area (Å²) >= 11 is 1.72. The molecule has 3 nitrogen and oxygen atoms in total. The summed E-state index contributed by atoms with van der Waals surface area (Å²) < 4.78 is 4.80. The highest BCUT2D eigenvalue weighted by atomic mass is 32.2. The predicted octanol–water partition coefficient (Wildman–Crippen LogP) is 1.87. The Hall–Kier alpha value is -0.380. The third kappa shape index (κ3) is 5.29. The Bertz CT molecular complexity index is 148. The monoisotopic (exact) mass is 191 g/mol. The third-order valence-corrected chi connectivity index (χ3v) is 2.74. The standard InChI is InChI=1S/C8H17NO2S/c1-5-11-7(10)9-6-8(2,3)12-4/h5-6H2,1-4H3,(H,9,10). The Morgan fingerprint density at radius 2 is 2.17 bits per heavy atom. The molecule has 0 rings (SSSR count). The minimum atomic E-state index is -0.334. The fraction of sp³-hybridized carbons (Fsp3) is 0.875. The van der Waals surface area contributed by atoms with Crippen LogP contribution in [0.1, 0.15) is 20.8 Å². The summed E-state index contributed by atoms with van der Waals surface area (Å²) in [7, 11) is 0. The van der Waals surface area contributed by atoms with Crippen LogP contribution >= 0.6 is 11.8 Å². The molecule has 0 bridgehead atoms. The van der Waals surface area contributed by atoms with E-state index in [2.05, 4.69) is 19.2 Å². The predicted molar refractivity (Wildman–Crippen MR) is 52.6 cm³/mol. The van der Waals surface area contributed by atoms with Crippen molar-refractivity contribution in [3.05, 3.63) is 0 Å². The Morgan fingerprint density at radius 1 is 1.58 bits per heavy atom. The van der Waals surface area contributed by atoms with E-state index in [4.69, 9.17) is 4.74 Å². The van der Waals surface area contributed by atoms with Crippen LogP contribution < -0.4 is 5.32 Å². The van der Waals surface area contributed by atoms with Gasteiger partial charge in [0, 0.05) is 11.3 Å². The van der Waals surface area contributed by atoms with Crippen molar-refractivity contribution in [3.8, 4) is 0 Å². The first kappa shape index (κ1) is 11.6. The van der Waals surface area contributed by atoms with Crippen LogP contribution in [0.15, 0.2) is 0 Å². The molecule has 0 fully saturated rings. The molecule has 4 heteroatoms. The van der Waals surface area contributed by atoms with Gasteiger partial charge in [0.2, 0.25) is 0 Å². The molecule has 1 amide bonds. The van der Waals surface area contributed by atoms with Crippen molar-refractivity contribution in [2.45, 2.75) is 25.5 Å². The summed E-state index contributed by atoms with van der Waals surface area (Å²) in [6, 6.07) is 0. The van der Waals surface area contributed by atoms with E-state index in [1.54, 1.807) is 18.7 Å². The van der Waals surface area contributed by atoms with Gasteiger partial charge in [-0.25, -0.2) is 4.79 Å². The fourth-order valence-electron chi connectivity index (χ4n) is 0.539. The first-order chi connectivity index (χ1) is 5.52. The van der Waals surface area contributed by atoms with Gasteiger partial charge in [0.25, 0.3) is 0 Å². The van der Waals surface area contributed by atoms with Crippen LogP contribution in [-0.2, 0) is 4.74 Å². The van der Waals surface area contributed by atoms with Crippen LogP contribution in [0.2, 0.25) is 0 Å². The second-order valence-corrected chi connectivity index (χ2v) is 4.55. The Morgan fingerprint density at radius 3 is 2.58 bits per heavy atom. The van der Waals surface area contributed by atoms with Crippen molar-refractivity contribution in [1.29, 1.82) is 0 Å². The Balaban J connectivity index is 3.60. The normalized spacial score (nSPS) is 11.0. The number of amides is 1. The van der Waals surface area contributed by atoms with Gasteiger partial charge in [-0.15, -0.1) is 0 Å². The number of alkyl carbamates (subject to hydrolysis) is 1. The number of ether oxygens (including phenoxy) is 1. The molecule has 0 aliphatic heterocycles. The van der Waals surface area contributed by atoms with Gasteiger partial charge in [0.05, 0.1) is 6.61 Å². The van der Waals surface area contributed by atoms with Gasteiger partial charge in [-0.05, 0) is 27.0 Å². The highest BCUT2D eigenvalue weighted by Gasteiger charge is 2.16. The number of hydrogen-bond donors (Lipinski definition) is 1. The minimum absolute atomic E-state index is 0.0762. The maximum atomic E-state index is 10.9. The van der Waals surface area contributed by atoms with Crippen LogP contribution in [0.3, 0.4) is 0 Å². The molecule has 0 radical (unpaired) electrons. The zero-order valence-electron chi connectivity index (χ0n) is 8.14. The summed E-state index contributed by atoms with van der Waals surface area (Å²) in [6.07, 6.45) is 1.69. The van der Waals surface area contributed by atoms with E-state index in [9.17, 15) is 4.79 Å².